The lowest BCUT2D eigenvalue weighted by Crippen LogP contribution is -2.20. The van der Waals surface area contributed by atoms with Crippen molar-refractivity contribution in [2.75, 3.05) is 11.9 Å². The molecule has 1 heterocycles. The SMILES string of the molecule is Cc1cc2nc(-c3ccc(NC(=O)COc4ccccc4Cl)cc3)[nH]c2cc1C. The average molecular weight is 406 g/mol. The van der Waals surface area contributed by atoms with Crippen LogP contribution in [0.4, 0.5) is 5.69 Å². The Kier molecular flexibility index (Phi) is 5.23. The van der Waals surface area contributed by atoms with Gasteiger partial charge in [-0.05, 0) is 73.5 Å². The summed E-state index contributed by atoms with van der Waals surface area (Å²) >= 11 is 6.02. The van der Waals surface area contributed by atoms with Crippen molar-refractivity contribution in [1.82, 2.24) is 9.97 Å². The highest BCUT2D eigenvalue weighted by Crippen LogP contribution is 2.25. The Labute approximate surface area is 173 Å². The first-order valence-electron chi connectivity index (χ1n) is 9.24. The van der Waals surface area contributed by atoms with Crippen LogP contribution in [0.15, 0.2) is 60.7 Å². The lowest BCUT2D eigenvalue weighted by atomic mass is 10.1. The lowest BCUT2D eigenvalue weighted by Gasteiger charge is -2.09. The third kappa shape index (κ3) is 4.25. The molecule has 146 valence electrons. The van der Waals surface area contributed by atoms with E-state index in [0.29, 0.717) is 16.5 Å². The van der Waals surface area contributed by atoms with Crippen molar-refractivity contribution in [3.8, 4) is 17.1 Å². The Morgan fingerprint density at radius 2 is 1.79 bits per heavy atom. The van der Waals surface area contributed by atoms with E-state index in [-0.39, 0.29) is 12.5 Å². The molecular weight excluding hydrogens is 386 g/mol. The van der Waals surface area contributed by atoms with Gasteiger partial charge in [0.2, 0.25) is 0 Å². The summed E-state index contributed by atoms with van der Waals surface area (Å²) in [6.07, 6.45) is 0. The lowest BCUT2D eigenvalue weighted by molar-refractivity contribution is -0.118. The van der Waals surface area contributed by atoms with E-state index in [2.05, 4.69) is 41.3 Å². The first-order valence-corrected chi connectivity index (χ1v) is 9.62. The van der Waals surface area contributed by atoms with Crippen LogP contribution in [-0.4, -0.2) is 22.5 Å². The van der Waals surface area contributed by atoms with Gasteiger partial charge in [-0.1, -0.05) is 23.7 Å². The smallest absolute Gasteiger partial charge is 0.262 e. The molecule has 2 N–H and O–H groups in total. The van der Waals surface area contributed by atoms with E-state index in [1.54, 1.807) is 24.3 Å². The van der Waals surface area contributed by atoms with Gasteiger partial charge in [-0.25, -0.2) is 4.98 Å². The number of hydrogen-bond donors (Lipinski definition) is 2. The molecule has 5 nitrogen and oxygen atoms in total. The van der Waals surface area contributed by atoms with Crippen molar-refractivity contribution >= 4 is 34.2 Å². The average Bonchev–Trinajstić information content (AvgIpc) is 3.11. The van der Waals surface area contributed by atoms with E-state index < -0.39 is 0 Å². The number of aryl methyl sites for hydroxylation is 2. The number of anilines is 1. The largest absolute Gasteiger partial charge is 0.482 e. The molecule has 4 rings (SSSR count). The van der Waals surface area contributed by atoms with E-state index in [1.807, 2.05) is 24.3 Å². The van der Waals surface area contributed by atoms with E-state index in [4.69, 9.17) is 16.3 Å². The number of halogens is 1. The number of nitrogens with one attached hydrogen (secondary N) is 2. The van der Waals surface area contributed by atoms with Crippen LogP contribution in [0.3, 0.4) is 0 Å². The Morgan fingerprint density at radius 1 is 1.07 bits per heavy atom. The normalized spacial score (nSPS) is 10.9. The van der Waals surface area contributed by atoms with Gasteiger partial charge in [0.15, 0.2) is 6.61 Å². The molecule has 4 aromatic rings. The molecule has 0 spiro atoms. The first-order chi connectivity index (χ1) is 14.0. The Balaban J connectivity index is 1.42. The fraction of sp³-hybridized carbons (Fsp3) is 0.130. The van der Waals surface area contributed by atoms with Crippen molar-refractivity contribution in [3.63, 3.8) is 0 Å². The van der Waals surface area contributed by atoms with Crippen LogP contribution >= 0.6 is 11.6 Å². The molecule has 1 amide bonds. The number of aromatic nitrogens is 2. The topological polar surface area (TPSA) is 67.0 Å². The van der Waals surface area contributed by atoms with Crippen molar-refractivity contribution in [2.45, 2.75) is 13.8 Å². The fourth-order valence-corrected chi connectivity index (χ4v) is 3.21. The Hall–Kier alpha value is -3.31. The highest BCUT2D eigenvalue weighted by molar-refractivity contribution is 6.32. The Morgan fingerprint density at radius 3 is 2.55 bits per heavy atom. The number of fused-ring (bicyclic) bond motifs is 1. The molecule has 0 bridgehead atoms. The molecule has 29 heavy (non-hydrogen) atoms. The first kappa shape index (κ1) is 19.0. The van der Waals surface area contributed by atoms with Gasteiger partial charge < -0.3 is 15.0 Å². The van der Waals surface area contributed by atoms with Crippen molar-refractivity contribution in [2.24, 2.45) is 0 Å². The quantitative estimate of drug-likeness (QED) is 0.459. The number of amides is 1. The van der Waals surface area contributed by atoms with Crippen LogP contribution in [0, 0.1) is 13.8 Å². The molecule has 1 aromatic heterocycles. The fourth-order valence-electron chi connectivity index (χ4n) is 3.02. The molecule has 0 aliphatic carbocycles. The minimum Gasteiger partial charge on any atom is -0.482 e. The monoisotopic (exact) mass is 405 g/mol. The highest BCUT2D eigenvalue weighted by Gasteiger charge is 2.09. The van der Waals surface area contributed by atoms with Gasteiger partial charge in [-0.2, -0.15) is 0 Å². The number of hydrogen-bond acceptors (Lipinski definition) is 3. The van der Waals surface area contributed by atoms with Crippen LogP contribution in [0.25, 0.3) is 22.4 Å². The van der Waals surface area contributed by atoms with Gasteiger partial charge in [-0.15, -0.1) is 0 Å². The summed E-state index contributed by atoms with van der Waals surface area (Å²) in [6.45, 7) is 4.05. The van der Waals surface area contributed by atoms with Gasteiger partial charge in [0.1, 0.15) is 11.6 Å². The zero-order valence-electron chi connectivity index (χ0n) is 16.1. The number of carbonyl (C=O) groups excluding carboxylic acids is 1. The van der Waals surface area contributed by atoms with Gasteiger partial charge in [0.25, 0.3) is 5.91 Å². The molecule has 0 fully saturated rings. The second kappa shape index (κ2) is 7.97. The standard InChI is InChI=1S/C23H20ClN3O2/c1-14-11-19-20(12-15(14)2)27-23(26-19)16-7-9-17(10-8-16)25-22(28)13-29-21-6-4-3-5-18(21)24/h3-12H,13H2,1-2H3,(H,25,28)(H,26,27). The van der Waals surface area contributed by atoms with Crippen molar-refractivity contribution < 1.29 is 9.53 Å². The van der Waals surface area contributed by atoms with Gasteiger partial charge in [-0.3, -0.25) is 4.79 Å². The summed E-state index contributed by atoms with van der Waals surface area (Å²) in [6, 6.07) is 18.8. The number of nitrogens with zero attached hydrogens (tertiary/aromatic N) is 1. The Bertz CT molecular complexity index is 1140. The number of aromatic amines is 1. The molecule has 6 heteroatoms. The van der Waals surface area contributed by atoms with E-state index in [9.17, 15) is 4.79 Å². The second-order valence-corrected chi connectivity index (χ2v) is 7.29. The maximum Gasteiger partial charge on any atom is 0.262 e. The number of rotatable bonds is 5. The van der Waals surface area contributed by atoms with Crippen LogP contribution < -0.4 is 10.1 Å². The summed E-state index contributed by atoms with van der Waals surface area (Å²) in [7, 11) is 0. The number of benzene rings is 3. The summed E-state index contributed by atoms with van der Waals surface area (Å²) in [4.78, 5) is 20.2. The summed E-state index contributed by atoms with van der Waals surface area (Å²) < 4.78 is 5.46. The van der Waals surface area contributed by atoms with Crippen LogP contribution in [0.2, 0.25) is 5.02 Å². The molecular formula is C23H20ClN3O2. The van der Waals surface area contributed by atoms with Crippen LogP contribution in [0.5, 0.6) is 5.75 Å². The maximum atomic E-state index is 12.1. The third-order valence-electron chi connectivity index (χ3n) is 4.73. The van der Waals surface area contributed by atoms with Gasteiger partial charge in [0.05, 0.1) is 16.1 Å². The predicted molar refractivity (Wildman–Crippen MR) is 117 cm³/mol. The number of imidazole rings is 1. The van der Waals surface area contributed by atoms with E-state index in [1.165, 1.54) is 11.1 Å². The second-order valence-electron chi connectivity index (χ2n) is 6.88. The summed E-state index contributed by atoms with van der Waals surface area (Å²) in [5, 5.41) is 3.29. The molecule has 0 radical (unpaired) electrons. The highest BCUT2D eigenvalue weighted by atomic mass is 35.5. The van der Waals surface area contributed by atoms with Crippen molar-refractivity contribution in [3.05, 3.63) is 76.8 Å². The van der Waals surface area contributed by atoms with Crippen molar-refractivity contribution in [1.29, 1.82) is 0 Å². The number of para-hydroxylation sites is 1. The van der Waals surface area contributed by atoms with Crippen LogP contribution in [0.1, 0.15) is 11.1 Å². The zero-order valence-corrected chi connectivity index (χ0v) is 16.9. The molecule has 0 saturated carbocycles. The molecule has 3 aromatic carbocycles. The zero-order chi connectivity index (χ0) is 20.4. The molecule has 0 aliphatic heterocycles. The van der Waals surface area contributed by atoms with Crippen LogP contribution in [-0.2, 0) is 4.79 Å². The van der Waals surface area contributed by atoms with E-state index in [0.717, 1.165) is 22.4 Å². The number of H-pyrrole nitrogens is 1. The summed E-state index contributed by atoms with van der Waals surface area (Å²) in [5.41, 5.74) is 6.03. The number of ether oxygens (including phenoxy) is 1. The molecule has 0 aliphatic rings. The van der Waals surface area contributed by atoms with Gasteiger partial charge in [0, 0.05) is 11.3 Å². The number of carbonyl (C=O) groups is 1. The maximum absolute atomic E-state index is 12.1. The predicted octanol–water partition coefficient (Wildman–Crippen LogP) is 5.52. The minimum absolute atomic E-state index is 0.117. The third-order valence-corrected chi connectivity index (χ3v) is 5.05. The minimum atomic E-state index is -0.257. The molecule has 0 unspecified atom stereocenters. The summed E-state index contributed by atoms with van der Waals surface area (Å²) in [5.74, 6) is 1.02. The van der Waals surface area contributed by atoms with E-state index >= 15 is 0 Å². The molecule has 0 atom stereocenters. The van der Waals surface area contributed by atoms with Gasteiger partial charge >= 0.3 is 0 Å². The molecule has 0 saturated heterocycles.